The zero-order chi connectivity index (χ0) is 13.7. The minimum absolute atomic E-state index is 0.0809. The highest BCUT2D eigenvalue weighted by molar-refractivity contribution is 6.38. The third-order valence-corrected chi connectivity index (χ3v) is 2.05. The lowest BCUT2D eigenvalue weighted by molar-refractivity contribution is -0.146. The van der Waals surface area contributed by atoms with Crippen molar-refractivity contribution < 1.29 is 28.2 Å². The van der Waals surface area contributed by atoms with Crippen molar-refractivity contribution in [1.82, 2.24) is 0 Å². The average Bonchev–Trinajstić information content (AvgIpc) is 2.28. The van der Waals surface area contributed by atoms with Gasteiger partial charge in [-0.1, -0.05) is 11.6 Å². The number of ketones is 1. The predicted molar refractivity (Wildman–Crippen MR) is 59.8 cm³/mol. The van der Waals surface area contributed by atoms with E-state index < -0.39 is 18.4 Å². The van der Waals surface area contributed by atoms with E-state index in [9.17, 15) is 18.4 Å². The number of hydrogen-bond donors (Lipinski definition) is 1. The lowest BCUT2D eigenvalue weighted by atomic mass is 10.1. The minimum Gasteiger partial charge on any atom is -0.475 e. The molecule has 0 aliphatic heterocycles. The average molecular weight is 277 g/mol. The smallest absolute Gasteiger partial charge is 0.387 e. The Morgan fingerprint density at radius 1 is 1.39 bits per heavy atom. The normalized spacial score (nSPS) is 10.9. The molecule has 1 aromatic rings. The zero-order valence-corrected chi connectivity index (χ0v) is 9.53. The zero-order valence-electron chi connectivity index (χ0n) is 8.77. The minimum atomic E-state index is -3.03. The Bertz CT molecular complexity index is 500. The first-order valence-corrected chi connectivity index (χ1v) is 4.97. The molecule has 0 aromatic heterocycles. The number of alkyl halides is 2. The van der Waals surface area contributed by atoms with Gasteiger partial charge in [0.15, 0.2) is 0 Å². The van der Waals surface area contributed by atoms with Crippen molar-refractivity contribution >= 4 is 29.4 Å². The number of ether oxygens (including phenoxy) is 1. The van der Waals surface area contributed by atoms with E-state index in [4.69, 9.17) is 16.7 Å². The van der Waals surface area contributed by atoms with Gasteiger partial charge in [-0.3, -0.25) is 4.79 Å². The van der Waals surface area contributed by atoms with Crippen LogP contribution in [0, 0.1) is 0 Å². The molecule has 0 heterocycles. The van der Waals surface area contributed by atoms with Gasteiger partial charge >= 0.3 is 12.6 Å². The topological polar surface area (TPSA) is 63.6 Å². The fourth-order valence-electron chi connectivity index (χ4n) is 1.09. The van der Waals surface area contributed by atoms with Crippen LogP contribution in [0.15, 0.2) is 24.3 Å². The van der Waals surface area contributed by atoms with Crippen molar-refractivity contribution in [2.45, 2.75) is 6.61 Å². The Morgan fingerprint density at radius 3 is 2.61 bits per heavy atom. The van der Waals surface area contributed by atoms with E-state index in [1.165, 1.54) is 18.2 Å². The standard InChI is InChI=1S/C11H7ClF2O4/c12-7-2-4-9(18-11(13)14)6(5-7)1-3-8(15)10(16)17/h1-5,11H,(H,16,17)/b3-1+. The fraction of sp³-hybridized carbons (Fsp3) is 0.0909. The van der Waals surface area contributed by atoms with E-state index >= 15 is 0 Å². The molecule has 18 heavy (non-hydrogen) atoms. The predicted octanol–water partition coefficient (Wildman–Crippen LogP) is 2.61. The number of aliphatic carboxylic acids is 1. The maximum absolute atomic E-state index is 12.1. The van der Waals surface area contributed by atoms with Crippen molar-refractivity contribution in [1.29, 1.82) is 0 Å². The maximum Gasteiger partial charge on any atom is 0.387 e. The highest BCUT2D eigenvalue weighted by atomic mass is 35.5. The first-order valence-electron chi connectivity index (χ1n) is 4.60. The second kappa shape index (κ2) is 6.11. The van der Waals surface area contributed by atoms with Gasteiger partial charge in [0.2, 0.25) is 0 Å². The summed E-state index contributed by atoms with van der Waals surface area (Å²) in [5, 5.41) is 8.59. The Morgan fingerprint density at radius 2 is 2.06 bits per heavy atom. The Labute approximate surface area is 105 Å². The molecule has 0 spiro atoms. The van der Waals surface area contributed by atoms with Crippen LogP contribution in [0.2, 0.25) is 5.02 Å². The summed E-state index contributed by atoms with van der Waals surface area (Å²) in [6.45, 7) is -3.03. The monoisotopic (exact) mass is 276 g/mol. The molecule has 0 unspecified atom stereocenters. The van der Waals surface area contributed by atoms with E-state index in [2.05, 4.69) is 4.74 Å². The van der Waals surface area contributed by atoms with Gasteiger partial charge in [0.25, 0.3) is 5.78 Å². The van der Waals surface area contributed by atoms with Crippen LogP contribution in [-0.2, 0) is 9.59 Å². The first kappa shape index (κ1) is 14.1. The first-order chi connectivity index (χ1) is 8.40. The number of halogens is 3. The summed E-state index contributed by atoms with van der Waals surface area (Å²) in [4.78, 5) is 21.1. The SMILES string of the molecule is O=C(O)C(=O)/C=C/c1cc(Cl)ccc1OC(F)F. The lowest BCUT2D eigenvalue weighted by Crippen LogP contribution is -2.08. The molecule has 1 aromatic carbocycles. The molecule has 96 valence electrons. The third-order valence-electron chi connectivity index (χ3n) is 1.81. The van der Waals surface area contributed by atoms with Crippen molar-refractivity contribution in [3.8, 4) is 5.75 Å². The van der Waals surface area contributed by atoms with Gasteiger partial charge < -0.3 is 9.84 Å². The largest absolute Gasteiger partial charge is 0.475 e. The maximum atomic E-state index is 12.1. The molecule has 7 heteroatoms. The van der Waals surface area contributed by atoms with Crippen molar-refractivity contribution in [2.75, 3.05) is 0 Å². The fourth-order valence-corrected chi connectivity index (χ4v) is 1.27. The summed E-state index contributed by atoms with van der Waals surface area (Å²) in [6, 6.07) is 3.79. The highest BCUT2D eigenvalue weighted by Crippen LogP contribution is 2.25. The molecule has 0 aliphatic rings. The van der Waals surface area contributed by atoms with Crippen LogP contribution < -0.4 is 4.74 Å². The number of rotatable bonds is 5. The second-order valence-corrected chi connectivity index (χ2v) is 3.50. The van der Waals surface area contributed by atoms with Gasteiger partial charge in [0, 0.05) is 10.6 Å². The molecule has 1 rings (SSSR count). The molecule has 0 radical (unpaired) electrons. The van der Waals surface area contributed by atoms with E-state index in [1.807, 2.05) is 0 Å². The third kappa shape index (κ3) is 4.14. The summed E-state index contributed by atoms with van der Waals surface area (Å²) >= 11 is 5.65. The van der Waals surface area contributed by atoms with E-state index in [1.54, 1.807) is 0 Å². The number of benzene rings is 1. The van der Waals surface area contributed by atoms with Crippen LogP contribution >= 0.6 is 11.6 Å². The molecule has 0 amide bonds. The van der Waals surface area contributed by atoms with E-state index in [-0.39, 0.29) is 16.3 Å². The van der Waals surface area contributed by atoms with Gasteiger partial charge in [-0.2, -0.15) is 8.78 Å². The van der Waals surface area contributed by atoms with Crippen molar-refractivity contribution in [2.24, 2.45) is 0 Å². The molecule has 0 fully saturated rings. The number of carbonyl (C=O) groups excluding carboxylic acids is 1. The number of carboxylic acid groups (broad SMARTS) is 1. The molecule has 0 atom stereocenters. The molecule has 4 nitrogen and oxygen atoms in total. The summed E-state index contributed by atoms with van der Waals surface area (Å²) in [6.07, 6.45) is 1.77. The van der Waals surface area contributed by atoms with Crippen LogP contribution in [0.3, 0.4) is 0 Å². The van der Waals surface area contributed by atoms with Crippen LogP contribution in [0.5, 0.6) is 5.75 Å². The second-order valence-electron chi connectivity index (χ2n) is 3.06. The molecule has 1 N–H and O–H groups in total. The van der Waals surface area contributed by atoms with Crippen LogP contribution in [0.4, 0.5) is 8.78 Å². The summed E-state index contributed by atoms with van der Waals surface area (Å²) in [5.74, 6) is -3.04. The van der Waals surface area contributed by atoms with Gasteiger partial charge in [-0.25, -0.2) is 4.79 Å². The highest BCUT2D eigenvalue weighted by Gasteiger charge is 2.10. The summed E-state index contributed by atoms with van der Waals surface area (Å²) in [7, 11) is 0. The van der Waals surface area contributed by atoms with Gasteiger partial charge in [0.05, 0.1) is 0 Å². The van der Waals surface area contributed by atoms with Crippen molar-refractivity contribution in [3.63, 3.8) is 0 Å². The molecular weight excluding hydrogens is 270 g/mol. The van der Waals surface area contributed by atoms with Crippen LogP contribution in [0.25, 0.3) is 6.08 Å². The molecule has 0 saturated carbocycles. The van der Waals surface area contributed by atoms with Crippen LogP contribution in [-0.4, -0.2) is 23.5 Å². The summed E-state index contributed by atoms with van der Waals surface area (Å²) < 4.78 is 28.4. The molecule has 0 bridgehead atoms. The van der Waals surface area contributed by atoms with E-state index in [0.29, 0.717) is 0 Å². The molecular formula is C11H7ClF2O4. The van der Waals surface area contributed by atoms with Gasteiger partial charge in [-0.15, -0.1) is 0 Å². The quantitative estimate of drug-likeness (QED) is 0.663. The Hall–Kier alpha value is -1.95. The van der Waals surface area contributed by atoms with Gasteiger partial charge in [0.1, 0.15) is 5.75 Å². The van der Waals surface area contributed by atoms with E-state index in [0.717, 1.165) is 12.2 Å². The number of carbonyl (C=O) groups is 2. The number of hydrogen-bond acceptors (Lipinski definition) is 3. The van der Waals surface area contributed by atoms with Crippen LogP contribution in [0.1, 0.15) is 5.56 Å². The summed E-state index contributed by atoms with van der Waals surface area (Å²) in [5.41, 5.74) is 0.0809. The number of carboxylic acids is 1. The molecule has 0 aliphatic carbocycles. The van der Waals surface area contributed by atoms with Gasteiger partial charge in [-0.05, 0) is 30.4 Å². The van der Waals surface area contributed by atoms with Crippen molar-refractivity contribution in [3.05, 3.63) is 34.9 Å². The Balaban J connectivity index is 3.02. The lowest BCUT2D eigenvalue weighted by Gasteiger charge is -2.07. The molecule has 0 saturated heterocycles. The Kier molecular flexibility index (Phi) is 4.79.